The van der Waals surface area contributed by atoms with E-state index >= 15 is 0 Å². The van der Waals surface area contributed by atoms with Crippen LogP contribution >= 0.6 is 12.4 Å². The van der Waals surface area contributed by atoms with Crippen molar-refractivity contribution in [1.29, 1.82) is 5.26 Å². The van der Waals surface area contributed by atoms with E-state index in [1.807, 2.05) is 76.2 Å². The predicted octanol–water partition coefficient (Wildman–Crippen LogP) is 6.28. The van der Waals surface area contributed by atoms with Gasteiger partial charge in [0, 0.05) is 22.6 Å². The molecule has 196 valence electrons. The van der Waals surface area contributed by atoms with Gasteiger partial charge >= 0.3 is 0 Å². The number of nitrogens with two attached hydrogens (primary N) is 2. The number of carbonyl (C=O) groups is 1. The van der Waals surface area contributed by atoms with Gasteiger partial charge in [-0.15, -0.1) is 12.4 Å². The number of aromatic nitrogens is 2. The summed E-state index contributed by atoms with van der Waals surface area (Å²) in [7, 11) is 0. The summed E-state index contributed by atoms with van der Waals surface area (Å²) in [6.45, 7) is 15.9. The van der Waals surface area contributed by atoms with Crippen LogP contribution in [-0.2, 0) is 10.2 Å². The number of Topliss-reactive ketones (excluding diaryl/α,β-unsaturated/α-hetero) is 1. The van der Waals surface area contributed by atoms with Gasteiger partial charge in [0.25, 0.3) is 0 Å². The second-order valence-corrected chi connectivity index (χ2v) is 10.5. The van der Waals surface area contributed by atoms with Crippen LogP contribution in [-0.4, -0.2) is 15.6 Å². The average molecular weight is 513 g/mol. The maximum Gasteiger partial charge on any atom is 0.152 e. The Bertz CT molecular complexity index is 1120. The standard InChI is InChI=1S/C14H19N3.C7H10N2.C7H11NO.ClH/c1-10-5-7-11(8-6-10)17-13(15)9-12(16-17)14(2,3)4;1-6-2-4-7(9-8)5-3-6;1-7(2,3)6(9)4-5-8;/h5-9H,15H2,1-4H3;2-5,9H,8H2,1H3;4H2,1-3H3;1H. The summed E-state index contributed by atoms with van der Waals surface area (Å²) in [5, 5.41) is 12.7. The van der Waals surface area contributed by atoms with E-state index < -0.39 is 0 Å². The molecule has 5 N–H and O–H groups in total. The highest BCUT2D eigenvalue weighted by atomic mass is 35.5. The molecule has 8 heteroatoms. The minimum absolute atomic E-state index is 0. The highest BCUT2D eigenvalue weighted by Crippen LogP contribution is 2.24. The minimum Gasteiger partial charge on any atom is -0.384 e. The van der Waals surface area contributed by atoms with Gasteiger partial charge in [-0.05, 0) is 38.1 Å². The Labute approximate surface area is 222 Å². The van der Waals surface area contributed by atoms with Crippen molar-refractivity contribution in [2.24, 2.45) is 11.3 Å². The molecule has 0 bridgehead atoms. The number of carbonyl (C=O) groups excluding carboxylic acids is 1. The number of nitriles is 1. The SMILES string of the molecule is CC(C)(C)C(=O)CC#N.Cc1ccc(-n2nc(C(C)(C)C)cc2N)cc1.Cc1ccc(NN)cc1.Cl. The molecule has 0 aliphatic heterocycles. The number of ketones is 1. The molecule has 0 saturated carbocycles. The second-order valence-electron chi connectivity index (χ2n) is 10.5. The van der Waals surface area contributed by atoms with Crippen molar-refractivity contribution in [3.63, 3.8) is 0 Å². The van der Waals surface area contributed by atoms with Crippen molar-refractivity contribution >= 4 is 29.7 Å². The van der Waals surface area contributed by atoms with E-state index in [9.17, 15) is 4.79 Å². The molecule has 1 heterocycles. The van der Waals surface area contributed by atoms with Crippen molar-refractivity contribution in [1.82, 2.24) is 9.78 Å². The van der Waals surface area contributed by atoms with Crippen LogP contribution in [0.5, 0.6) is 0 Å². The van der Waals surface area contributed by atoms with Crippen LogP contribution in [0.4, 0.5) is 11.5 Å². The van der Waals surface area contributed by atoms with E-state index in [-0.39, 0.29) is 35.4 Å². The fourth-order valence-electron chi connectivity index (χ4n) is 2.64. The Kier molecular flexibility index (Phi) is 13.0. The summed E-state index contributed by atoms with van der Waals surface area (Å²) in [5.74, 6) is 5.83. The first-order chi connectivity index (χ1) is 16.2. The Balaban J connectivity index is 0.000000552. The molecule has 3 aromatic rings. The molecule has 7 nitrogen and oxygen atoms in total. The third-order valence-electron chi connectivity index (χ3n) is 5.08. The van der Waals surface area contributed by atoms with Crippen LogP contribution in [0.1, 0.15) is 64.8 Å². The van der Waals surface area contributed by atoms with Crippen LogP contribution in [0, 0.1) is 30.6 Å². The molecule has 1 aromatic heterocycles. The van der Waals surface area contributed by atoms with E-state index in [0.717, 1.165) is 17.1 Å². The number of rotatable bonds is 3. The van der Waals surface area contributed by atoms with Crippen molar-refractivity contribution in [2.45, 2.75) is 67.2 Å². The topological polar surface area (TPSA) is 123 Å². The lowest BCUT2D eigenvalue weighted by Crippen LogP contribution is -2.18. The summed E-state index contributed by atoms with van der Waals surface area (Å²) in [6, 6.07) is 19.9. The van der Waals surface area contributed by atoms with Gasteiger partial charge in [0.05, 0.1) is 23.9 Å². The molecule has 0 spiro atoms. The van der Waals surface area contributed by atoms with Gasteiger partial charge in [-0.25, -0.2) is 4.68 Å². The van der Waals surface area contributed by atoms with Gasteiger partial charge in [-0.1, -0.05) is 76.9 Å². The first kappa shape index (κ1) is 32.7. The number of benzene rings is 2. The molecule has 0 radical (unpaired) electrons. The van der Waals surface area contributed by atoms with Crippen molar-refractivity contribution < 1.29 is 4.79 Å². The Hall–Kier alpha value is -3.34. The van der Waals surface area contributed by atoms with Crippen LogP contribution in [0.3, 0.4) is 0 Å². The van der Waals surface area contributed by atoms with Crippen LogP contribution < -0.4 is 17.0 Å². The molecule has 0 atom stereocenters. The number of hydrogen-bond donors (Lipinski definition) is 3. The van der Waals surface area contributed by atoms with Gasteiger partial charge < -0.3 is 11.2 Å². The molecule has 0 amide bonds. The fraction of sp³-hybridized carbons (Fsp3) is 0.393. The quantitative estimate of drug-likeness (QED) is 0.280. The first-order valence-electron chi connectivity index (χ1n) is 11.6. The number of hydrazine groups is 1. The summed E-state index contributed by atoms with van der Waals surface area (Å²) >= 11 is 0. The lowest BCUT2D eigenvalue weighted by Gasteiger charge is -2.14. The zero-order valence-corrected chi connectivity index (χ0v) is 23.5. The summed E-state index contributed by atoms with van der Waals surface area (Å²) in [5.41, 5.74) is 13.7. The van der Waals surface area contributed by atoms with Gasteiger partial charge in [0.1, 0.15) is 5.82 Å². The minimum atomic E-state index is -0.351. The van der Waals surface area contributed by atoms with Crippen molar-refractivity contribution in [3.8, 4) is 11.8 Å². The monoisotopic (exact) mass is 512 g/mol. The molecule has 3 rings (SSSR count). The molecular formula is C28H41ClN6O. The number of nitrogens with one attached hydrogen (secondary N) is 1. The molecule has 0 saturated heterocycles. The van der Waals surface area contributed by atoms with E-state index in [2.05, 4.69) is 50.4 Å². The van der Waals surface area contributed by atoms with Crippen molar-refractivity contribution in [2.75, 3.05) is 11.2 Å². The highest BCUT2D eigenvalue weighted by Gasteiger charge is 2.20. The maximum atomic E-state index is 10.8. The molecule has 0 aliphatic carbocycles. The number of anilines is 2. The molecule has 2 aromatic carbocycles. The Morgan fingerprint density at radius 1 is 0.972 bits per heavy atom. The van der Waals surface area contributed by atoms with E-state index in [0.29, 0.717) is 5.82 Å². The number of nitrogen functional groups attached to an aromatic ring is 2. The predicted molar refractivity (Wildman–Crippen MR) is 152 cm³/mol. The van der Waals surface area contributed by atoms with Crippen LogP contribution in [0.2, 0.25) is 0 Å². The lowest BCUT2D eigenvalue weighted by molar-refractivity contribution is -0.125. The number of hydrogen-bond acceptors (Lipinski definition) is 6. The molecule has 36 heavy (non-hydrogen) atoms. The third-order valence-corrected chi connectivity index (χ3v) is 5.08. The van der Waals surface area contributed by atoms with Crippen LogP contribution in [0.25, 0.3) is 5.69 Å². The molecular weight excluding hydrogens is 472 g/mol. The van der Waals surface area contributed by atoms with E-state index in [4.69, 9.17) is 16.8 Å². The van der Waals surface area contributed by atoms with Gasteiger partial charge in [-0.3, -0.25) is 10.6 Å². The first-order valence-corrected chi connectivity index (χ1v) is 11.6. The Morgan fingerprint density at radius 3 is 1.78 bits per heavy atom. The largest absolute Gasteiger partial charge is 0.384 e. The van der Waals surface area contributed by atoms with E-state index in [1.165, 1.54) is 11.1 Å². The zero-order chi connectivity index (χ0) is 26.8. The smallest absolute Gasteiger partial charge is 0.152 e. The lowest BCUT2D eigenvalue weighted by atomic mass is 9.89. The summed E-state index contributed by atoms with van der Waals surface area (Å²) in [4.78, 5) is 10.8. The second kappa shape index (κ2) is 14.3. The molecule has 0 aliphatic rings. The third kappa shape index (κ3) is 10.9. The van der Waals surface area contributed by atoms with Gasteiger partial charge in [0.15, 0.2) is 5.78 Å². The maximum absolute atomic E-state index is 10.8. The van der Waals surface area contributed by atoms with Crippen molar-refractivity contribution in [3.05, 3.63) is 71.4 Å². The Morgan fingerprint density at radius 2 is 1.44 bits per heavy atom. The fourth-order valence-corrected chi connectivity index (χ4v) is 2.64. The number of aryl methyl sites for hydroxylation is 2. The zero-order valence-electron chi connectivity index (χ0n) is 22.7. The summed E-state index contributed by atoms with van der Waals surface area (Å²) < 4.78 is 1.79. The molecule has 0 unspecified atom stereocenters. The highest BCUT2D eigenvalue weighted by molar-refractivity contribution is 5.85. The van der Waals surface area contributed by atoms with Gasteiger partial charge in [-0.2, -0.15) is 10.4 Å². The van der Waals surface area contributed by atoms with E-state index in [1.54, 1.807) is 4.68 Å². The van der Waals surface area contributed by atoms with Crippen LogP contribution in [0.15, 0.2) is 54.6 Å². The molecule has 0 fully saturated rings. The summed E-state index contributed by atoms with van der Waals surface area (Å²) in [6.07, 6.45) is 0.0312. The average Bonchev–Trinajstić information content (AvgIpc) is 3.17. The normalized spacial score (nSPS) is 10.4. The van der Waals surface area contributed by atoms with Gasteiger partial charge in [0.2, 0.25) is 0 Å². The number of halogens is 1. The number of nitrogens with zero attached hydrogens (tertiary/aromatic N) is 3.